The Morgan fingerprint density at radius 2 is 1.94 bits per heavy atom. The summed E-state index contributed by atoms with van der Waals surface area (Å²) in [6.07, 6.45) is 10.9. The highest BCUT2D eigenvalue weighted by molar-refractivity contribution is 5.58. The highest BCUT2D eigenvalue weighted by Crippen LogP contribution is 2.29. The second kappa shape index (κ2) is 9.72. The molecular formula is C28H26N4O3. The lowest BCUT2D eigenvalue weighted by atomic mass is 10.1. The number of pyridine rings is 1. The number of fused-ring (bicyclic) bond motifs is 1. The van der Waals surface area contributed by atoms with Crippen LogP contribution < -0.4 is 9.47 Å². The van der Waals surface area contributed by atoms with E-state index in [1.165, 1.54) is 5.56 Å². The summed E-state index contributed by atoms with van der Waals surface area (Å²) in [4.78, 5) is 9.02. The van der Waals surface area contributed by atoms with Crippen molar-refractivity contribution < 1.29 is 14.2 Å². The maximum absolute atomic E-state index is 6.16. The van der Waals surface area contributed by atoms with Gasteiger partial charge in [-0.05, 0) is 54.8 Å². The van der Waals surface area contributed by atoms with Crippen molar-refractivity contribution in [2.45, 2.75) is 38.6 Å². The van der Waals surface area contributed by atoms with Gasteiger partial charge in [0.15, 0.2) is 11.6 Å². The SMILES string of the molecule is C1=CCC(OCc2nc(-c3cccc(OCc4cccnc4)c3)nn2-c2ccc3c(c2)CCO3)C1. The van der Waals surface area contributed by atoms with Gasteiger partial charge in [0.05, 0.1) is 18.4 Å². The quantitative estimate of drug-likeness (QED) is 0.337. The molecule has 2 aliphatic rings. The van der Waals surface area contributed by atoms with Crippen molar-refractivity contribution >= 4 is 0 Å². The van der Waals surface area contributed by atoms with Gasteiger partial charge in [-0.3, -0.25) is 4.98 Å². The number of benzene rings is 2. The first kappa shape index (κ1) is 21.6. The minimum Gasteiger partial charge on any atom is -0.493 e. The molecule has 0 saturated heterocycles. The second-order valence-corrected chi connectivity index (χ2v) is 8.71. The number of hydrogen-bond acceptors (Lipinski definition) is 6. The molecule has 3 heterocycles. The third-order valence-electron chi connectivity index (χ3n) is 6.23. The van der Waals surface area contributed by atoms with E-state index in [0.717, 1.165) is 60.0 Å². The van der Waals surface area contributed by atoms with Crippen LogP contribution >= 0.6 is 0 Å². The van der Waals surface area contributed by atoms with E-state index in [4.69, 9.17) is 24.3 Å². The van der Waals surface area contributed by atoms with Gasteiger partial charge < -0.3 is 14.2 Å². The van der Waals surface area contributed by atoms with E-state index in [0.29, 0.717) is 19.0 Å². The Kier molecular flexibility index (Phi) is 5.99. The fraction of sp³-hybridized carbons (Fsp3) is 0.250. The lowest BCUT2D eigenvalue weighted by Crippen LogP contribution is -2.11. The Hall–Kier alpha value is -3.97. The molecule has 0 bridgehead atoms. The van der Waals surface area contributed by atoms with Crippen LogP contribution in [0, 0.1) is 0 Å². The first-order valence-corrected chi connectivity index (χ1v) is 11.9. The molecule has 0 fully saturated rings. The molecule has 0 radical (unpaired) electrons. The summed E-state index contributed by atoms with van der Waals surface area (Å²) < 4.78 is 19.7. The van der Waals surface area contributed by atoms with Crippen molar-refractivity contribution in [1.29, 1.82) is 0 Å². The van der Waals surface area contributed by atoms with Crippen molar-refractivity contribution in [3.05, 3.63) is 96.1 Å². The van der Waals surface area contributed by atoms with Gasteiger partial charge in [0.1, 0.15) is 24.7 Å². The van der Waals surface area contributed by atoms with Crippen LogP contribution in [0.15, 0.2) is 79.1 Å². The summed E-state index contributed by atoms with van der Waals surface area (Å²) >= 11 is 0. The largest absolute Gasteiger partial charge is 0.493 e. The standard InChI is InChI=1S/C28H26N4O3/c1-2-8-24(7-1)35-19-27-30-28(31-32(27)23-10-11-26-21(15-23)12-14-33-26)22-6-3-9-25(16-22)34-18-20-5-4-13-29-17-20/h1-6,9-11,13,15-17,24H,7-8,12,14,18-19H2. The van der Waals surface area contributed by atoms with Gasteiger partial charge in [0.25, 0.3) is 0 Å². The minimum absolute atomic E-state index is 0.196. The van der Waals surface area contributed by atoms with Crippen LogP contribution in [0.2, 0.25) is 0 Å². The lowest BCUT2D eigenvalue weighted by molar-refractivity contribution is 0.0445. The summed E-state index contributed by atoms with van der Waals surface area (Å²) in [5.74, 6) is 3.11. The Morgan fingerprint density at radius 1 is 1.00 bits per heavy atom. The maximum atomic E-state index is 6.16. The van der Waals surface area contributed by atoms with Gasteiger partial charge in [-0.1, -0.05) is 30.4 Å². The Morgan fingerprint density at radius 3 is 2.83 bits per heavy atom. The molecule has 176 valence electrons. The third-order valence-corrected chi connectivity index (χ3v) is 6.23. The molecule has 6 rings (SSSR count). The highest BCUT2D eigenvalue weighted by atomic mass is 16.5. The summed E-state index contributed by atoms with van der Waals surface area (Å²) in [6, 6.07) is 17.9. The van der Waals surface area contributed by atoms with Gasteiger partial charge in [0.2, 0.25) is 0 Å². The van der Waals surface area contributed by atoms with Crippen LogP contribution in [0.5, 0.6) is 11.5 Å². The number of rotatable bonds is 8. The first-order chi connectivity index (χ1) is 17.3. The van der Waals surface area contributed by atoms with Crippen molar-refractivity contribution in [2.24, 2.45) is 0 Å². The second-order valence-electron chi connectivity index (χ2n) is 8.71. The van der Waals surface area contributed by atoms with E-state index in [9.17, 15) is 0 Å². The van der Waals surface area contributed by atoms with E-state index in [2.05, 4.69) is 23.2 Å². The molecule has 0 N–H and O–H groups in total. The zero-order chi connectivity index (χ0) is 23.5. The Labute approximate surface area is 204 Å². The van der Waals surface area contributed by atoms with Crippen LogP contribution in [0.1, 0.15) is 29.8 Å². The average molecular weight is 467 g/mol. The molecule has 0 amide bonds. The van der Waals surface area contributed by atoms with Crippen molar-refractivity contribution in [3.8, 4) is 28.6 Å². The predicted molar refractivity (Wildman–Crippen MR) is 132 cm³/mol. The predicted octanol–water partition coefficient (Wildman–Crippen LogP) is 5.08. The van der Waals surface area contributed by atoms with E-state index in [-0.39, 0.29) is 6.10 Å². The molecule has 7 nitrogen and oxygen atoms in total. The van der Waals surface area contributed by atoms with Crippen LogP contribution in [-0.4, -0.2) is 32.5 Å². The first-order valence-electron chi connectivity index (χ1n) is 11.9. The molecule has 0 atom stereocenters. The molecule has 4 aromatic rings. The lowest BCUT2D eigenvalue weighted by Gasteiger charge is -2.12. The molecule has 0 saturated carbocycles. The zero-order valence-electron chi connectivity index (χ0n) is 19.3. The Bertz CT molecular complexity index is 1340. The average Bonchev–Trinajstić information content (AvgIpc) is 3.67. The van der Waals surface area contributed by atoms with Crippen LogP contribution in [0.25, 0.3) is 17.1 Å². The summed E-state index contributed by atoms with van der Waals surface area (Å²) in [7, 11) is 0. The number of nitrogens with zero attached hydrogens (tertiary/aromatic N) is 4. The molecule has 1 aliphatic heterocycles. The van der Waals surface area contributed by atoms with Crippen molar-refractivity contribution in [1.82, 2.24) is 19.7 Å². The highest BCUT2D eigenvalue weighted by Gasteiger charge is 2.19. The van der Waals surface area contributed by atoms with Gasteiger partial charge in [-0.15, -0.1) is 5.10 Å². The van der Waals surface area contributed by atoms with Gasteiger partial charge in [-0.2, -0.15) is 0 Å². The summed E-state index contributed by atoms with van der Waals surface area (Å²) in [5, 5.41) is 4.88. The molecular weight excluding hydrogens is 440 g/mol. The zero-order valence-corrected chi connectivity index (χ0v) is 19.3. The molecule has 0 unspecified atom stereocenters. The van der Waals surface area contributed by atoms with E-state index in [1.807, 2.05) is 53.2 Å². The molecule has 7 heteroatoms. The third kappa shape index (κ3) is 4.81. The van der Waals surface area contributed by atoms with Crippen LogP contribution in [0.4, 0.5) is 0 Å². The van der Waals surface area contributed by atoms with Crippen molar-refractivity contribution in [3.63, 3.8) is 0 Å². The molecule has 2 aromatic carbocycles. The molecule has 2 aromatic heterocycles. The van der Waals surface area contributed by atoms with E-state index in [1.54, 1.807) is 12.4 Å². The van der Waals surface area contributed by atoms with Crippen LogP contribution in [-0.2, 0) is 24.4 Å². The van der Waals surface area contributed by atoms with E-state index >= 15 is 0 Å². The number of hydrogen-bond donors (Lipinski definition) is 0. The van der Waals surface area contributed by atoms with Crippen LogP contribution in [0.3, 0.4) is 0 Å². The van der Waals surface area contributed by atoms with E-state index < -0.39 is 0 Å². The van der Waals surface area contributed by atoms with Gasteiger partial charge in [-0.25, -0.2) is 9.67 Å². The number of aromatic nitrogens is 4. The smallest absolute Gasteiger partial charge is 0.182 e. The van der Waals surface area contributed by atoms with Crippen molar-refractivity contribution in [2.75, 3.05) is 6.61 Å². The fourth-order valence-corrected chi connectivity index (χ4v) is 4.37. The van der Waals surface area contributed by atoms with Gasteiger partial charge in [0, 0.05) is 29.9 Å². The minimum atomic E-state index is 0.196. The Balaban J connectivity index is 1.28. The summed E-state index contributed by atoms with van der Waals surface area (Å²) in [6.45, 7) is 1.56. The monoisotopic (exact) mass is 466 g/mol. The summed E-state index contributed by atoms with van der Waals surface area (Å²) in [5.41, 5.74) is 4.06. The maximum Gasteiger partial charge on any atom is 0.182 e. The number of ether oxygens (including phenoxy) is 3. The molecule has 0 spiro atoms. The molecule has 1 aliphatic carbocycles. The topological polar surface area (TPSA) is 71.3 Å². The fourth-order valence-electron chi connectivity index (χ4n) is 4.37. The normalized spacial score (nSPS) is 14.7. The molecule has 35 heavy (non-hydrogen) atoms. The van der Waals surface area contributed by atoms with Gasteiger partial charge >= 0.3 is 0 Å².